The van der Waals surface area contributed by atoms with Crippen molar-refractivity contribution in [2.75, 3.05) is 0 Å². The minimum Gasteiger partial charge on any atom is -0.376 e. The van der Waals surface area contributed by atoms with Gasteiger partial charge in [-0.15, -0.1) is 11.3 Å². The second-order valence-corrected chi connectivity index (χ2v) is 9.46. The summed E-state index contributed by atoms with van der Waals surface area (Å²) in [6, 6.07) is 31.1. The molecule has 0 spiro atoms. The predicted molar refractivity (Wildman–Crippen MR) is 129 cm³/mol. The molecule has 1 atom stereocenters. The van der Waals surface area contributed by atoms with Crippen LogP contribution >= 0.6 is 27.3 Å². The largest absolute Gasteiger partial charge is 0.376 e. The third kappa shape index (κ3) is 2.43. The third-order valence-electron chi connectivity index (χ3n) is 6.07. The summed E-state index contributed by atoms with van der Waals surface area (Å²) in [6.45, 7) is 0. The average Bonchev–Trinajstić information content (AvgIpc) is 3.32. The van der Waals surface area contributed by atoms with Crippen LogP contribution in [0.25, 0.3) is 32.3 Å². The summed E-state index contributed by atoms with van der Waals surface area (Å²) >= 11 is 5.36. The fourth-order valence-electron chi connectivity index (χ4n) is 4.74. The molecule has 3 heteroatoms. The number of aliphatic hydroxyl groups is 1. The fourth-order valence-corrected chi connectivity index (χ4v) is 6.06. The summed E-state index contributed by atoms with van der Waals surface area (Å²) < 4.78 is 2.22. The van der Waals surface area contributed by atoms with Crippen molar-refractivity contribution in [2.24, 2.45) is 0 Å². The molecule has 5 aromatic rings. The smallest absolute Gasteiger partial charge is 0.142 e. The molecule has 1 unspecified atom stereocenters. The van der Waals surface area contributed by atoms with Gasteiger partial charge in [0.2, 0.25) is 0 Å². The van der Waals surface area contributed by atoms with Gasteiger partial charge in [0.15, 0.2) is 0 Å². The predicted octanol–water partition coefficient (Wildman–Crippen LogP) is 7.60. The zero-order valence-corrected chi connectivity index (χ0v) is 18.4. The topological polar surface area (TPSA) is 20.2 Å². The van der Waals surface area contributed by atoms with Crippen LogP contribution in [0.4, 0.5) is 0 Å². The summed E-state index contributed by atoms with van der Waals surface area (Å²) in [5.74, 6) is 0. The Bertz CT molecular complexity index is 1430. The number of hydrogen-bond acceptors (Lipinski definition) is 2. The number of halogens is 1. The van der Waals surface area contributed by atoms with E-state index >= 15 is 0 Å². The van der Waals surface area contributed by atoms with E-state index in [1.165, 1.54) is 15.6 Å². The van der Waals surface area contributed by atoms with Crippen LogP contribution in [0, 0.1) is 0 Å². The lowest BCUT2D eigenvalue weighted by Gasteiger charge is -2.29. The molecule has 1 aliphatic carbocycles. The molecule has 144 valence electrons. The fraction of sp³-hybridized carbons (Fsp3) is 0.0370. The molecule has 0 bridgehead atoms. The maximum Gasteiger partial charge on any atom is 0.142 e. The van der Waals surface area contributed by atoms with Gasteiger partial charge in [0, 0.05) is 36.8 Å². The second-order valence-electron chi connectivity index (χ2n) is 7.64. The second kappa shape index (κ2) is 6.64. The summed E-state index contributed by atoms with van der Waals surface area (Å²) in [4.78, 5) is 0. The van der Waals surface area contributed by atoms with Crippen LogP contribution < -0.4 is 0 Å². The Kier molecular flexibility index (Phi) is 4.00. The van der Waals surface area contributed by atoms with Gasteiger partial charge in [0.1, 0.15) is 5.60 Å². The Morgan fingerprint density at radius 2 is 1.23 bits per heavy atom. The van der Waals surface area contributed by atoms with Crippen LogP contribution in [0.1, 0.15) is 16.7 Å². The number of fused-ring (bicyclic) bond motifs is 4. The number of benzene rings is 4. The van der Waals surface area contributed by atoms with Crippen molar-refractivity contribution in [3.8, 4) is 22.3 Å². The van der Waals surface area contributed by atoms with Gasteiger partial charge in [0.25, 0.3) is 0 Å². The molecule has 0 saturated carbocycles. The highest BCUT2D eigenvalue weighted by Gasteiger charge is 2.44. The van der Waals surface area contributed by atoms with E-state index in [0.717, 1.165) is 37.9 Å². The molecule has 1 heterocycles. The maximum atomic E-state index is 12.4. The Labute approximate surface area is 187 Å². The molecule has 0 saturated heterocycles. The molecular weight excluding hydrogens is 452 g/mol. The van der Waals surface area contributed by atoms with E-state index < -0.39 is 5.60 Å². The van der Waals surface area contributed by atoms with Crippen molar-refractivity contribution in [3.63, 3.8) is 0 Å². The first kappa shape index (κ1) is 18.1. The Hall–Kier alpha value is -2.72. The van der Waals surface area contributed by atoms with Crippen molar-refractivity contribution < 1.29 is 5.11 Å². The first-order valence-corrected chi connectivity index (χ1v) is 11.5. The summed E-state index contributed by atoms with van der Waals surface area (Å²) in [6.07, 6.45) is 0. The van der Waals surface area contributed by atoms with Crippen molar-refractivity contribution in [2.45, 2.75) is 5.60 Å². The molecule has 1 nitrogen and oxygen atoms in total. The monoisotopic (exact) mass is 468 g/mol. The summed E-state index contributed by atoms with van der Waals surface area (Å²) in [7, 11) is 0. The van der Waals surface area contributed by atoms with Gasteiger partial charge in [-0.1, -0.05) is 88.7 Å². The van der Waals surface area contributed by atoms with Crippen LogP contribution in [0.3, 0.4) is 0 Å². The van der Waals surface area contributed by atoms with Gasteiger partial charge in [0.05, 0.1) is 0 Å². The van der Waals surface area contributed by atoms with E-state index in [9.17, 15) is 5.11 Å². The Morgan fingerprint density at radius 1 is 0.633 bits per heavy atom. The SMILES string of the molecule is OC1(c2ccccc2-c2csc3ccccc23)c2ccccc2-c2ccc(Br)cc21. The zero-order chi connectivity index (χ0) is 20.3. The van der Waals surface area contributed by atoms with Gasteiger partial charge in [-0.3, -0.25) is 0 Å². The van der Waals surface area contributed by atoms with Gasteiger partial charge < -0.3 is 5.11 Å². The molecule has 1 aromatic heterocycles. The first-order valence-electron chi connectivity index (χ1n) is 9.86. The maximum absolute atomic E-state index is 12.4. The zero-order valence-electron chi connectivity index (χ0n) is 16.0. The van der Waals surface area contributed by atoms with Crippen molar-refractivity contribution in [1.82, 2.24) is 0 Å². The third-order valence-corrected chi connectivity index (χ3v) is 7.52. The molecule has 0 amide bonds. The highest BCUT2D eigenvalue weighted by Crippen LogP contribution is 2.53. The van der Waals surface area contributed by atoms with Gasteiger partial charge >= 0.3 is 0 Å². The number of hydrogen-bond donors (Lipinski definition) is 1. The molecule has 6 rings (SSSR count). The van der Waals surface area contributed by atoms with Crippen LogP contribution in [0.5, 0.6) is 0 Å². The molecule has 1 N–H and O–H groups in total. The minimum absolute atomic E-state index is 0.915. The van der Waals surface area contributed by atoms with Crippen LogP contribution in [0.15, 0.2) is 101 Å². The van der Waals surface area contributed by atoms with Crippen LogP contribution in [-0.4, -0.2) is 5.11 Å². The van der Waals surface area contributed by atoms with E-state index in [2.05, 4.69) is 82.0 Å². The molecule has 0 radical (unpaired) electrons. The molecule has 1 aliphatic rings. The van der Waals surface area contributed by atoms with E-state index in [0.29, 0.717) is 0 Å². The van der Waals surface area contributed by atoms with Crippen molar-refractivity contribution >= 4 is 37.4 Å². The molecule has 0 fully saturated rings. The van der Waals surface area contributed by atoms with Gasteiger partial charge in [-0.05, 0) is 40.3 Å². The quantitative estimate of drug-likeness (QED) is 0.282. The Balaban J connectivity index is 1.69. The van der Waals surface area contributed by atoms with Crippen molar-refractivity contribution in [1.29, 1.82) is 0 Å². The average molecular weight is 469 g/mol. The first-order chi connectivity index (χ1) is 14.7. The molecular formula is C27H17BrOS. The Morgan fingerprint density at radius 3 is 2.00 bits per heavy atom. The van der Waals surface area contributed by atoms with E-state index in [4.69, 9.17) is 0 Å². The lowest BCUT2D eigenvalue weighted by molar-refractivity contribution is 0.131. The molecule has 4 aromatic carbocycles. The standard InChI is InChI=1S/C27H17BrOS/c28-17-13-14-20-18-7-1-4-10-23(18)27(29,25(20)15-17)24-11-5-2-8-19(24)22-16-30-26-12-6-3-9-21(22)26/h1-16,29H. The number of rotatable bonds is 2. The highest BCUT2D eigenvalue weighted by molar-refractivity contribution is 9.10. The van der Waals surface area contributed by atoms with Gasteiger partial charge in [-0.25, -0.2) is 0 Å². The highest BCUT2D eigenvalue weighted by atomic mass is 79.9. The molecule has 0 aliphatic heterocycles. The lowest BCUT2D eigenvalue weighted by atomic mass is 9.80. The summed E-state index contributed by atoms with van der Waals surface area (Å²) in [5, 5.41) is 15.9. The van der Waals surface area contributed by atoms with Crippen molar-refractivity contribution in [3.05, 3.63) is 118 Å². The molecule has 30 heavy (non-hydrogen) atoms. The summed E-state index contributed by atoms with van der Waals surface area (Å²) in [5.41, 5.74) is 5.97. The minimum atomic E-state index is -1.21. The van der Waals surface area contributed by atoms with E-state index in [1.54, 1.807) is 11.3 Å². The van der Waals surface area contributed by atoms with E-state index in [1.807, 2.05) is 30.3 Å². The lowest BCUT2D eigenvalue weighted by Crippen LogP contribution is -2.27. The van der Waals surface area contributed by atoms with Crippen LogP contribution in [0.2, 0.25) is 0 Å². The van der Waals surface area contributed by atoms with E-state index in [-0.39, 0.29) is 0 Å². The number of thiophene rings is 1. The van der Waals surface area contributed by atoms with Gasteiger partial charge in [-0.2, -0.15) is 0 Å². The van der Waals surface area contributed by atoms with Crippen LogP contribution in [-0.2, 0) is 5.60 Å². The normalized spacial score (nSPS) is 17.1.